The molecule has 0 rings (SSSR count). The molecule has 0 aromatic rings. The molecule has 0 aliphatic rings. The molecule has 0 N–H and O–H groups in total. The van der Waals surface area contributed by atoms with E-state index in [-0.39, 0.29) is 23.1 Å². The van der Waals surface area contributed by atoms with Gasteiger partial charge in [0.05, 0.1) is 0 Å². The van der Waals surface area contributed by atoms with Gasteiger partial charge in [0.25, 0.3) is 0 Å². The monoisotopic (exact) mass is 84.0 g/mol. The fourth-order valence-electron chi connectivity index (χ4n) is 0. The van der Waals surface area contributed by atoms with Crippen molar-refractivity contribution in [2.45, 2.75) is 0 Å². The second kappa shape index (κ2) is 8.89. The summed E-state index contributed by atoms with van der Waals surface area (Å²) in [5.41, 5.74) is 0. The van der Waals surface area contributed by atoms with Crippen LogP contribution in [-0.2, 0) is 9.68 Å². The molecule has 0 saturated carbocycles. The molecule has 24 valence electrons. The van der Waals surface area contributed by atoms with Gasteiger partial charge in [-0.1, -0.05) is 6.47 Å². The van der Waals surface area contributed by atoms with Gasteiger partial charge in [0.15, 0.2) is 0 Å². The van der Waals surface area contributed by atoms with E-state index in [1.54, 1.807) is 0 Å². The third-order valence-corrected chi connectivity index (χ3v) is 0.0340. The van der Waals surface area contributed by atoms with Crippen LogP contribution in [0.15, 0.2) is 0 Å². The Kier molecular flexibility index (Phi) is 15.9. The Hall–Kier alpha value is 0.196. The van der Waals surface area contributed by atoms with Crippen LogP contribution in [0, 0.1) is 0 Å². The van der Waals surface area contributed by atoms with Crippen molar-refractivity contribution in [1.82, 2.24) is 0 Å². The minimum atomic E-state index is 0. The van der Waals surface area contributed by atoms with Crippen molar-refractivity contribution in [1.29, 1.82) is 0 Å². The molecule has 0 saturated heterocycles. The Labute approximate surface area is 45.0 Å². The molecule has 0 fully saturated rings. The topological polar surface area (TPSA) is 49.4 Å². The Bertz CT molecular complexity index is 20.9. The van der Waals surface area contributed by atoms with Crippen LogP contribution in [0.4, 0.5) is 0 Å². The van der Waals surface area contributed by atoms with Crippen molar-refractivity contribution in [3.8, 4) is 0 Å². The van der Waals surface area contributed by atoms with E-state index in [1.807, 2.05) is 0 Å². The second-order valence-corrected chi connectivity index (χ2v) is 0.167. The standard InChI is InChI=1S/CHO3.Mg/c2-1-4-3;/h3H;/q-1;+2/p-1. The maximum atomic E-state index is 8.51. The third kappa shape index (κ3) is 14.1. The molecule has 0 heterocycles. The third-order valence-electron chi connectivity index (χ3n) is 0.0340. The van der Waals surface area contributed by atoms with E-state index in [2.05, 4.69) is 4.89 Å². The van der Waals surface area contributed by atoms with Gasteiger partial charge in [-0.05, 0) is 0 Å². The van der Waals surface area contributed by atoms with Crippen LogP contribution in [0.3, 0.4) is 0 Å². The normalized spacial score (nSPS) is 4.20. The summed E-state index contributed by atoms with van der Waals surface area (Å²) in [6.07, 6.45) is 0. The van der Waals surface area contributed by atoms with Gasteiger partial charge in [-0.15, -0.1) is 0 Å². The number of hydrogen-bond donors (Lipinski definition) is 0. The first-order valence-corrected chi connectivity index (χ1v) is 0.575. The minimum absolute atomic E-state index is 0. The Morgan fingerprint density at radius 3 is 2.00 bits per heavy atom. The van der Waals surface area contributed by atoms with Crippen molar-refractivity contribution in [3.63, 3.8) is 0 Å². The molecule has 0 amide bonds. The van der Waals surface area contributed by atoms with E-state index >= 15 is 0 Å². The van der Waals surface area contributed by atoms with E-state index in [9.17, 15) is 0 Å². The van der Waals surface area contributed by atoms with Gasteiger partial charge >= 0.3 is 23.1 Å². The summed E-state index contributed by atoms with van der Waals surface area (Å²) >= 11 is 0. The van der Waals surface area contributed by atoms with E-state index in [0.717, 1.165) is 0 Å². The number of rotatable bonds is 1. The van der Waals surface area contributed by atoms with Crippen LogP contribution in [0.2, 0.25) is 0 Å². The molecule has 0 spiro atoms. The summed E-state index contributed by atoms with van der Waals surface area (Å²) in [7, 11) is 0. The van der Waals surface area contributed by atoms with Crippen LogP contribution in [0.1, 0.15) is 0 Å². The fraction of sp³-hybridized carbons (Fsp3) is 0. The molecule has 4 heteroatoms. The summed E-state index contributed by atoms with van der Waals surface area (Å²) in [5.74, 6) is 0. The van der Waals surface area contributed by atoms with Crippen LogP contribution >= 0.6 is 0 Å². The second-order valence-electron chi connectivity index (χ2n) is 0.167. The van der Waals surface area contributed by atoms with Crippen LogP contribution < -0.4 is 5.26 Å². The van der Waals surface area contributed by atoms with E-state index in [1.165, 1.54) is 0 Å². The molecular formula is CMgO3. The molecule has 0 aliphatic carbocycles. The molecule has 0 aliphatic heterocycles. The van der Waals surface area contributed by atoms with Crippen LogP contribution in [0.5, 0.6) is 0 Å². The molecule has 5 heavy (non-hydrogen) atoms. The number of carbonyl (C=O) groups excluding carboxylic acids is 1. The van der Waals surface area contributed by atoms with Crippen molar-refractivity contribution >= 4 is 29.5 Å². The largest absolute Gasteiger partial charge is 2.00 e. The van der Waals surface area contributed by atoms with Crippen molar-refractivity contribution in [2.24, 2.45) is 0 Å². The zero-order valence-electron chi connectivity index (χ0n) is 2.43. The van der Waals surface area contributed by atoms with E-state index < -0.39 is 0 Å². The molecular weight excluding hydrogens is 84.3 g/mol. The molecule has 0 atom stereocenters. The summed E-state index contributed by atoms with van der Waals surface area (Å²) < 4.78 is 0. The van der Waals surface area contributed by atoms with Gasteiger partial charge in [0.1, 0.15) is 0 Å². The van der Waals surface area contributed by atoms with Gasteiger partial charge < -0.3 is 14.9 Å². The number of hydrogen-bond acceptors (Lipinski definition) is 3. The average molecular weight is 84.3 g/mol. The zero-order valence-corrected chi connectivity index (χ0v) is 3.85. The van der Waals surface area contributed by atoms with Crippen LogP contribution in [-0.4, -0.2) is 29.5 Å². The predicted octanol–water partition coefficient (Wildman–Crippen LogP) is -2.04. The predicted molar refractivity (Wildman–Crippen MR) is 12.5 cm³/mol. The average Bonchev–Trinajstić information content (AvgIpc) is 1.37. The summed E-state index contributed by atoms with van der Waals surface area (Å²) in [6, 6.07) is 0. The SMILES string of the molecule is O=[C-]O[O-].[Mg+2]. The summed E-state index contributed by atoms with van der Waals surface area (Å²) in [6.45, 7) is 0.625. The first kappa shape index (κ1) is 8.96. The molecule has 3 nitrogen and oxygen atoms in total. The molecule has 0 unspecified atom stereocenters. The van der Waals surface area contributed by atoms with Gasteiger partial charge in [-0.3, -0.25) is 0 Å². The summed E-state index contributed by atoms with van der Waals surface area (Å²) in [5, 5.41) is 8.38. The quantitative estimate of drug-likeness (QED) is 0.159. The van der Waals surface area contributed by atoms with E-state index in [0.29, 0.717) is 6.47 Å². The smallest absolute Gasteiger partial charge is 0.715 e. The van der Waals surface area contributed by atoms with E-state index in [4.69, 9.17) is 10.1 Å². The molecule has 0 aromatic carbocycles. The maximum absolute atomic E-state index is 8.51. The first-order valence-electron chi connectivity index (χ1n) is 0.575. The first-order chi connectivity index (χ1) is 1.91. The molecule has 0 bridgehead atoms. The maximum Gasteiger partial charge on any atom is 2.00 e. The van der Waals surface area contributed by atoms with Gasteiger partial charge in [-0.2, -0.15) is 0 Å². The van der Waals surface area contributed by atoms with Crippen molar-refractivity contribution in [2.75, 3.05) is 0 Å². The summed E-state index contributed by atoms with van der Waals surface area (Å²) in [4.78, 5) is 11.0. The Morgan fingerprint density at radius 1 is 1.80 bits per heavy atom. The van der Waals surface area contributed by atoms with Crippen molar-refractivity contribution in [3.05, 3.63) is 0 Å². The Balaban J connectivity index is 0. The molecule has 0 radical (unpaired) electrons. The van der Waals surface area contributed by atoms with Crippen molar-refractivity contribution < 1.29 is 14.9 Å². The minimum Gasteiger partial charge on any atom is -0.715 e. The van der Waals surface area contributed by atoms with Gasteiger partial charge in [-0.25, -0.2) is 0 Å². The Morgan fingerprint density at radius 2 is 2.00 bits per heavy atom. The molecule has 0 aromatic heterocycles. The zero-order chi connectivity index (χ0) is 3.41. The van der Waals surface area contributed by atoms with Gasteiger partial charge in [0.2, 0.25) is 0 Å². The van der Waals surface area contributed by atoms with Gasteiger partial charge in [0, 0.05) is 0 Å². The van der Waals surface area contributed by atoms with Crippen LogP contribution in [0.25, 0.3) is 0 Å². The fourth-order valence-corrected chi connectivity index (χ4v) is 0.